The van der Waals surface area contributed by atoms with Gasteiger partial charge in [-0.1, -0.05) is 6.92 Å². The predicted molar refractivity (Wildman–Crippen MR) is 61.4 cm³/mol. The first-order valence-corrected chi connectivity index (χ1v) is 5.48. The van der Waals surface area contributed by atoms with Crippen LogP contribution in [0.1, 0.15) is 19.8 Å². The van der Waals surface area contributed by atoms with Crippen molar-refractivity contribution in [1.82, 2.24) is 9.97 Å². The largest absolute Gasteiger partial charge is 0.477 e. The number of ether oxygens (including phenoxy) is 1. The Labute approximate surface area is 103 Å². The van der Waals surface area contributed by atoms with Crippen LogP contribution in [0.3, 0.4) is 0 Å². The Morgan fingerprint density at radius 2 is 2.11 bits per heavy atom. The summed E-state index contributed by atoms with van der Waals surface area (Å²) in [6.07, 6.45) is -4.40. The second-order valence-electron chi connectivity index (χ2n) is 3.59. The molecule has 0 atom stereocenters. The van der Waals surface area contributed by atoms with Gasteiger partial charge in [0, 0.05) is 12.6 Å². The molecule has 0 unspecified atom stereocenters. The van der Waals surface area contributed by atoms with Crippen LogP contribution in [-0.2, 0) is 0 Å². The summed E-state index contributed by atoms with van der Waals surface area (Å²) in [6, 6.07) is 1.42. The number of rotatable bonds is 6. The summed E-state index contributed by atoms with van der Waals surface area (Å²) >= 11 is 0. The number of nitrogens with zero attached hydrogens (tertiary/aromatic N) is 2. The van der Waals surface area contributed by atoms with E-state index >= 15 is 0 Å². The van der Waals surface area contributed by atoms with E-state index in [-0.39, 0.29) is 11.8 Å². The number of alkyl halides is 3. The zero-order valence-electron chi connectivity index (χ0n) is 9.92. The van der Waals surface area contributed by atoms with Crippen molar-refractivity contribution in [2.24, 2.45) is 0 Å². The van der Waals surface area contributed by atoms with Crippen molar-refractivity contribution in [3.8, 4) is 5.88 Å². The van der Waals surface area contributed by atoms with E-state index in [0.717, 1.165) is 6.42 Å². The molecule has 0 radical (unpaired) electrons. The molecule has 102 valence electrons. The van der Waals surface area contributed by atoms with E-state index in [9.17, 15) is 13.2 Å². The summed E-state index contributed by atoms with van der Waals surface area (Å²) < 4.78 is 40.7. The lowest BCUT2D eigenvalue weighted by Gasteiger charge is -2.10. The first kappa shape index (κ1) is 14.3. The smallest absolute Gasteiger partial charge is 0.392 e. The van der Waals surface area contributed by atoms with Crippen LogP contribution in [0.2, 0.25) is 0 Å². The molecule has 0 amide bonds. The number of hydrogen-bond donors (Lipinski definition) is 2. The first-order chi connectivity index (χ1) is 8.40. The fourth-order valence-corrected chi connectivity index (χ4v) is 1.13. The average molecular weight is 264 g/mol. The fraction of sp³-hybridized carbons (Fsp3) is 0.600. The van der Waals surface area contributed by atoms with Gasteiger partial charge in [0.05, 0.1) is 13.0 Å². The zero-order valence-corrected chi connectivity index (χ0v) is 9.92. The number of aromatic nitrogens is 2. The molecule has 0 saturated carbocycles. The molecule has 0 fully saturated rings. The topological polar surface area (TPSA) is 73.1 Å². The molecular weight excluding hydrogens is 249 g/mol. The van der Waals surface area contributed by atoms with E-state index < -0.39 is 19.2 Å². The Morgan fingerprint density at radius 3 is 2.72 bits per heavy atom. The van der Waals surface area contributed by atoms with Gasteiger partial charge >= 0.3 is 6.18 Å². The third-order valence-corrected chi connectivity index (χ3v) is 1.91. The molecule has 0 bridgehead atoms. The highest BCUT2D eigenvalue weighted by Crippen LogP contribution is 2.20. The van der Waals surface area contributed by atoms with E-state index in [1.165, 1.54) is 6.07 Å². The van der Waals surface area contributed by atoms with Crippen molar-refractivity contribution in [2.45, 2.75) is 25.9 Å². The van der Waals surface area contributed by atoms with Gasteiger partial charge in [-0.2, -0.15) is 23.1 Å². The monoisotopic (exact) mass is 264 g/mol. The Kier molecular flexibility index (Phi) is 4.99. The van der Waals surface area contributed by atoms with E-state index in [1.807, 2.05) is 6.92 Å². The summed E-state index contributed by atoms with van der Waals surface area (Å²) in [6.45, 7) is 2.16. The van der Waals surface area contributed by atoms with E-state index in [1.54, 1.807) is 0 Å². The van der Waals surface area contributed by atoms with E-state index in [0.29, 0.717) is 12.4 Å². The normalized spacial score (nSPS) is 11.3. The Balaban J connectivity index is 2.57. The van der Waals surface area contributed by atoms with Gasteiger partial charge in [0.15, 0.2) is 0 Å². The first-order valence-electron chi connectivity index (χ1n) is 5.48. The zero-order chi connectivity index (χ0) is 13.6. The van der Waals surface area contributed by atoms with Gasteiger partial charge in [-0.15, -0.1) is 0 Å². The van der Waals surface area contributed by atoms with Gasteiger partial charge in [0.1, 0.15) is 5.82 Å². The van der Waals surface area contributed by atoms with E-state index in [4.69, 9.17) is 10.5 Å². The molecule has 0 aliphatic heterocycles. The molecule has 0 saturated heterocycles. The number of nitrogens with one attached hydrogen (secondary N) is 1. The summed E-state index contributed by atoms with van der Waals surface area (Å²) in [4.78, 5) is 7.58. The van der Waals surface area contributed by atoms with Crippen molar-refractivity contribution in [2.75, 3.05) is 24.2 Å². The number of nitrogens with two attached hydrogens (primary N) is 1. The lowest BCUT2D eigenvalue weighted by Crippen LogP contribution is -2.14. The van der Waals surface area contributed by atoms with Crippen molar-refractivity contribution in [3.05, 3.63) is 6.07 Å². The highest BCUT2D eigenvalue weighted by Gasteiger charge is 2.26. The van der Waals surface area contributed by atoms with Crippen LogP contribution in [0.25, 0.3) is 0 Å². The predicted octanol–water partition coefficient (Wildman–Crippen LogP) is 2.21. The van der Waals surface area contributed by atoms with Crippen LogP contribution >= 0.6 is 0 Å². The van der Waals surface area contributed by atoms with Crippen LogP contribution in [-0.4, -0.2) is 29.3 Å². The van der Waals surface area contributed by atoms with Crippen LogP contribution < -0.4 is 15.8 Å². The summed E-state index contributed by atoms with van der Waals surface area (Å²) in [5.74, 6) is 0.426. The second-order valence-corrected chi connectivity index (χ2v) is 3.59. The van der Waals surface area contributed by atoms with Crippen LogP contribution in [0.15, 0.2) is 6.07 Å². The summed E-state index contributed by atoms with van der Waals surface area (Å²) in [5.41, 5.74) is 5.42. The van der Waals surface area contributed by atoms with Crippen molar-refractivity contribution in [3.63, 3.8) is 0 Å². The van der Waals surface area contributed by atoms with Gasteiger partial charge in [0.2, 0.25) is 11.8 Å². The molecule has 0 spiro atoms. The molecule has 18 heavy (non-hydrogen) atoms. The summed E-state index contributed by atoms with van der Waals surface area (Å²) in [7, 11) is 0. The van der Waals surface area contributed by atoms with Crippen molar-refractivity contribution in [1.29, 1.82) is 0 Å². The third-order valence-electron chi connectivity index (χ3n) is 1.91. The quantitative estimate of drug-likeness (QED) is 0.824. The van der Waals surface area contributed by atoms with Gasteiger partial charge in [-0.3, -0.25) is 0 Å². The summed E-state index contributed by atoms with van der Waals surface area (Å²) in [5, 5.41) is 2.95. The maximum atomic E-state index is 11.9. The molecule has 3 N–H and O–H groups in total. The Hall–Kier alpha value is -1.73. The van der Waals surface area contributed by atoms with Crippen LogP contribution in [0.5, 0.6) is 5.88 Å². The molecule has 1 rings (SSSR count). The van der Waals surface area contributed by atoms with Crippen molar-refractivity contribution >= 4 is 11.8 Å². The van der Waals surface area contributed by atoms with Crippen LogP contribution in [0.4, 0.5) is 24.9 Å². The number of nitrogen functional groups attached to an aromatic ring is 1. The molecule has 0 aliphatic rings. The number of halogens is 3. The minimum atomic E-state index is -4.25. The standard InChI is InChI=1S/C10H15F3N4O/c1-2-4-15-7-6-8(17-9(14)16-7)18-5-3-10(11,12)13/h6H,2-5H2,1H3,(H3,14,15,16,17). The van der Waals surface area contributed by atoms with Crippen molar-refractivity contribution < 1.29 is 17.9 Å². The lowest BCUT2D eigenvalue weighted by molar-refractivity contribution is -0.139. The molecule has 1 heterocycles. The minimum absolute atomic E-state index is 0.0327. The average Bonchev–Trinajstić information content (AvgIpc) is 2.24. The molecule has 1 aromatic rings. The third kappa shape index (κ3) is 5.55. The second kappa shape index (κ2) is 6.27. The molecule has 8 heteroatoms. The van der Waals surface area contributed by atoms with Crippen LogP contribution in [0, 0.1) is 0 Å². The SMILES string of the molecule is CCCNc1cc(OCCC(F)(F)F)nc(N)n1. The lowest BCUT2D eigenvalue weighted by atomic mass is 10.4. The Bertz CT molecular complexity index is 384. The van der Waals surface area contributed by atoms with Gasteiger partial charge < -0.3 is 15.8 Å². The highest BCUT2D eigenvalue weighted by atomic mass is 19.4. The fourth-order valence-electron chi connectivity index (χ4n) is 1.13. The molecule has 5 nitrogen and oxygen atoms in total. The molecular formula is C10H15F3N4O. The maximum Gasteiger partial charge on any atom is 0.392 e. The number of hydrogen-bond acceptors (Lipinski definition) is 5. The molecule has 0 aliphatic carbocycles. The number of anilines is 2. The van der Waals surface area contributed by atoms with Gasteiger partial charge in [-0.05, 0) is 6.42 Å². The van der Waals surface area contributed by atoms with E-state index in [2.05, 4.69) is 15.3 Å². The van der Waals surface area contributed by atoms with Gasteiger partial charge in [0.25, 0.3) is 0 Å². The Morgan fingerprint density at radius 1 is 1.39 bits per heavy atom. The highest BCUT2D eigenvalue weighted by molar-refractivity contribution is 5.42. The molecule has 1 aromatic heterocycles. The van der Waals surface area contributed by atoms with Gasteiger partial charge in [-0.25, -0.2) is 0 Å². The molecule has 0 aromatic carbocycles. The minimum Gasteiger partial charge on any atom is -0.477 e. The maximum absolute atomic E-state index is 11.9.